The Bertz CT molecular complexity index is 475. The van der Waals surface area contributed by atoms with Gasteiger partial charge in [0, 0.05) is 18.7 Å². The first-order valence-corrected chi connectivity index (χ1v) is 5.80. The Morgan fingerprint density at radius 1 is 1.39 bits per heavy atom. The third-order valence-electron chi connectivity index (χ3n) is 3.10. The summed E-state index contributed by atoms with van der Waals surface area (Å²) in [6.07, 6.45) is -0.934. The molecule has 1 aromatic rings. The number of nitrogens with zero attached hydrogens (tertiary/aromatic N) is 1. The molecule has 0 aliphatic carbocycles. The van der Waals surface area contributed by atoms with Crippen molar-refractivity contribution in [1.29, 1.82) is 0 Å². The minimum absolute atomic E-state index is 0.0380. The van der Waals surface area contributed by atoms with Crippen LogP contribution in [0.25, 0.3) is 0 Å². The van der Waals surface area contributed by atoms with E-state index >= 15 is 0 Å². The molecule has 0 spiro atoms. The minimum Gasteiger partial charge on any atom is -0.486 e. The maximum atomic E-state index is 10.9. The summed E-state index contributed by atoms with van der Waals surface area (Å²) >= 11 is 0. The van der Waals surface area contributed by atoms with Crippen LogP contribution in [0.15, 0.2) is 12.1 Å². The van der Waals surface area contributed by atoms with Crippen LogP contribution in [0, 0.1) is 24.0 Å². The molecule has 0 bridgehead atoms. The molecule has 1 saturated heterocycles. The van der Waals surface area contributed by atoms with Gasteiger partial charge < -0.3 is 15.2 Å². The number of nitro groups is 1. The van der Waals surface area contributed by atoms with Crippen LogP contribution in [-0.4, -0.2) is 35.3 Å². The number of β-amino-alcohol motifs (C(OH)–C–C–N with tert-alkyl or cyclic N) is 1. The zero-order chi connectivity index (χ0) is 13.3. The Labute approximate surface area is 105 Å². The summed E-state index contributed by atoms with van der Waals surface area (Å²) in [5.41, 5.74) is 1.48. The number of aryl methyl sites for hydroxylation is 2. The van der Waals surface area contributed by atoms with Crippen molar-refractivity contribution in [2.75, 3.05) is 13.1 Å². The van der Waals surface area contributed by atoms with Crippen molar-refractivity contribution < 1.29 is 14.8 Å². The lowest BCUT2D eigenvalue weighted by molar-refractivity contribution is -0.385. The van der Waals surface area contributed by atoms with Gasteiger partial charge in [0.1, 0.15) is 18.0 Å². The van der Waals surface area contributed by atoms with E-state index < -0.39 is 11.0 Å². The molecular formula is C12H16N2O4. The lowest BCUT2D eigenvalue weighted by atomic mass is 10.1. The van der Waals surface area contributed by atoms with E-state index in [9.17, 15) is 15.2 Å². The largest absolute Gasteiger partial charge is 0.486 e. The Kier molecular flexibility index (Phi) is 3.49. The van der Waals surface area contributed by atoms with E-state index in [2.05, 4.69) is 5.32 Å². The number of hydrogen-bond acceptors (Lipinski definition) is 5. The standard InChI is InChI=1S/C12H16N2O4/c1-7-3-8(2)11(4-9(7)14(16)17)18-12-6-13-5-10(12)15/h3-4,10,12-13,15H,5-6H2,1-2H3/t10-,12-/m0/s1. The fourth-order valence-electron chi connectivity index (χ4n) is 2.07. The molecule has 0 radical (unpaired) electrons. The van der Waals surface area contributed by atoms with Gasteiger partial charge in [-0.05, 0) is 25.5 Å². The molecule has 1 heterocycles. The molecular weight excluding hydrogens is 236 g/mol. The van der Waals surface area contributed by atoms with Crippen molar-refractivity contribution in [3.8, 4) is 5.75 Å². The van der Waals surface area contributed by atoms with Gasteiger partial charge in [0.15, 0.2) is 0 Å². The van der Waals surface area contributed by atoms with Gasteiger partial charge in [-0.25, -0.2) is 0 Å². The molecule has 0 amide bonds. The average molecular weight is 252 g/mol. The van der Waals surface area contributed by atoms with Gasteiger partial charge in [0.05, 0.1) is 11.0 Å². The minimum atomic E-state index is -0.579. The maximum Gasteiger partial charge on any atom is 0.276 e. The van der Waals surface area contributed by atoms with Gasteiger partial charge in [0.2, 0.25) is 0 Å². The first-order chi connectivity index (χ1) is 8.49. The highest BCUT2D eigenvalue weighted by molar-refractivity contribution is 5.49. The first-order valence-electron chi connectivity index (χ1n) is 5.80. The second-order valence-electron chi connectivity index (χ2n) is 4.54. The molecule has 18 heavy (non-hydrogen) atoms. The molecule has 2 rings (SSSR count). The molecule has 6 nitrogen and oxygen atoms in total. The van der Waals surface area contributed by atoms with Crippen LogP contribution in [0.2, 0.25) is 0 Å². The molecule has 1 aliphatic rings. The zero-order valence-corrected chi connectivity index (χ0v) is 10.3. The van der Waals surface area contributed by atoms with Crippen LogP contribution in [0.4, 0.5) is 5.69 Å². The molecule has 0 saturated carbocycles. The van der Waals surface area contributed by atoms with Gasteiger partial charge in [-0.15, -0.1) is 0 Å². The summed E-state index contributed by atoms with van der Waals surface area (Å²) < 4.78 is 5.65. The maximum absolute atomic E-state index is 10.9. The summed E-state index contributed by atoms with van der Waals surface area (Å²) in [5, 5.41) is 23.5. The van der Waals surface area contributed by atoms with Crippen molar-refractivity contribution >= 4 is 5.69 Å². The number of nitro benzene ring substituents is 1. The Balaban J connectivity index is 2.27. The predicted octanol–water partition coefficient (Wildman–Crippen LogP) is 0.923. The third kappa shape index (κ3) is 2.44. The second kappa shape index (κ2) is 4.91. The molecule has 1 aliphatic heterocycles. The number of aliphatic hydroxyl groups excluding tert-OH is 1. The number of nitrogens with one attached hydrogen (secondary N) is 1. The van der Waals surface area contributed by atoms with Gasteiger partial charge in [-0.2, -0.15) is 0 Å². The fourth-order valence-corrected chi connectivity index (χ4v) is 2.07. The monoisotopic (exact) mass is 252 g/mol. The van der Waals surface area contributed by atoms with Crippen molar-refractivity contribution in [3.63, 3.8) is 0 Å². The number of rotatable bonds is 3. The average Bonchev–Trinajstić information content (AvgIpc) is 2.67. The zero-order valence-electron chi connectivity index (χ0n) is 10.3. The predicted molar refractivity (Wildman–Crippen MR) is 65.9 cm³/mol. The molecule has 1 aromatic carbocycles. The van der Waals surface area contributed by atoms with Crippen LogP contribution < -0.4 is 10.1 Å². The molecule has 6 heteroatoms. The second-order valence-corrected chi connectivity index (χ2v) is 4.54. The topological polar surface area (TPSA) is 84.6 Å². The van der Waals surface area contributed by atoms with E-state index in [0.717, 1.165) is 5.56 Å². The number of aliphatic hydroxyl groups is 1. The van der Waals surface area contributed by atoms with Crippen molar-refractivity contribution in [3.05, 3.63) is 33.4 Å². The number of benzene rings is 1. The quantitative estimate of drug-likeness (QED) is 0.617. The van der Waals surface area contributed by atoms with Crippen LogP contribution in [-0.2, 0) is 0 Å². The summed E-state index contributed by atoms with van der Waals surface area (Å²) in [6, 6.07) is 3.15. The SMILES string of the molecule is Cc1cc(C)c([N+](=O)[O-])cc1O[C@H]1CNC[C@@H]1O. The Morgan fingerprint density at radius 2 is 2.11 bits per heavy atom. The summed E-state index contributed by atoms with van der Waals surface area (Å²) in [7, 11) is 0. The van der Waals surface area contributed by atoms with Crippen molar-refractivity contribution in [1.82, 2.24) is 5.32 Å². The van der Waals surface area contributed by atoms with E-state index in [1.807, 2.05) is 6.92 Å². The summed E-state index contributed by atoms with van der Waals surface area (Å²) in [4.78, 5) is 10.4. The number of ether oxygens (including phenoxy) is 1. The molecule has 2 atom stereocenters. The van der Waals surface area contributed by atoms with E-state index in [0.29, 0.717) is 24.4 Å². The fraction of sp³-hybridized carbons (Fsp3) is 0.500. The summed E-state index contributed by atoms with van der Waals surface area (Å²) in [5.74, 6) is 0.458. The van der Waals surface area contributed by atoms with Crippen molar-refractivity contribution in [2.45, 2.75) is 26.1 Å². The molecule has 1 fully saturated rings. The highest BCUT2D eigenvalue weighted by Gasteiger charge is 2.27. The normalized spacial score (nSPS) is 23.1. The lowest BCUT2D eigenvalue weighted by Gasteiger charge is -2.18. The van der Waals surface area contributed by atoms with Crippen LogP contribution in [0.5, 0.6) is 5.75 Å². The van der Waals surface area contributed by atoms with Gasteiger partial charge in [-0.3, -0.25) is 10.1 Å². The highest BCUT2D eigenvalue weighted by Crippen LogP contribution is 2.29. The van der Waals surface area contributed by atoms with Gasteiger partial charge in [0.25, 0.3) is 5.69 Å². The molecule has 98 valence electrons. The van der Waals surface area contributed by atoms with Gasteiger partial charge in [-0.1, -0.05) is 0 Å². The first kappa shape index (κ1) is 12.8. The van der Waals surface area contributed by atoms with Gasteiger partial charge >= 0.3 is 0 Å². The van der Waals surface area contributed by atoms with E-state index in [1.165, 1.54) is 6.07 Å². The van der Waals surface area contributed by atoms with Crippen molar-refractivity contribution in [2.24, 2.45) is 0 Å². The number of hydrogen-bond donors (Lipinski definition) is 2. The molecule has 0 unspecified atom stereocenters. The Morgan fingerprint density at radius 3 is 2.67 bits per heavy atom. The molecule has 2 N–H and O–H groups in total. The smallest absolute Gasteiger partial charge is 0.276 e. The Hall–Kier alpha value is -1.66. The van der Waals surface area contributed by atoms with Crippen LogP contribution in [0.3, 0.4) is 0 Å². The third-order valence-corrected chi connectivity index (χ3v) is 3.10. The van der Waals surface area contributed by atoms with Crippen LogP contribution in [0.1, 0.15) is 11.1 Å². The van der Waals surface area contributed by atoms with E-state index in [-0.39, 0.29) is 11.8 Å². The van der Waals surface area contributed by atoms with Crippen LogP contribution >= 0.6 is 0 Å². The lowest BCUT2D eigenvalue weighted by Crippen LogP contribution is -2.30. The summed E-state index contributed by atoms with van der Waals surface area (Å²) in [6.45, 7) is 4.56. The highest BCUT2D eigenvalue weighted by atomic mass is 16.6. The van der Waals surface area contributed by atoms with E-state index in [4.69, 9.17) is 4.74 Å². The van der Waals surface area contributed by atoms with E-state index in [1.54, 1.807) is 13.0 Å². The molecule has 0 aromatic heterocycles.